The van der Waals surface area contributed by atoms with Gasteiger partial charge in [0.1, 0.15) is 5.82 Å². The summed E-state index contributed by atoms with van der Waals surface area (Å²) in [5, 5.41) is 11.0. The lowest BCUT2D eigenvalue weighted by Crippen LogP contribution is -2.07. The molecule has 0 spiro atoms. The first-order chi connectivity index (χ1) is 6.79. The molecule has 0 amide bonds. The van der Waals surface area contributed by atoms with Crippen LogP contribution in [-0.4, -0.2) is 17.2 Å². The van der Waals surface area contributed by atoms with E-state index >= 15 is 0 Å². The highest BCUT2D eigenvalue weighted by Crippen LogP contribution is 2.14. The van der Waals surface area contributed by atoms with Crippen LogP contribution in [0.15, 0.2) is 18.3 Å². The molecule has 0 aliphatic rings. The molecular weight excluding hydrogens is 174 g/mol. The standard InChI is InChI=1S/C11H17N3/c1-3-6-10(12)9-7-5-8-14-11(9)13-4-2/h5,7-8,12H,3-4,6H2,1-2H3,(H,13,14). The maximum Gasteiger partial charge on any atom is 0.135 e. The third kappa shape index (κ3) is 2.55. The van der Waals surface area contributed by atoms with Gasteiger partial charge in [-0.15, -0.1) is 0 Å². The molecule has 0 radical (unpaired) electrons. The van der Waals surface area contributed by atoms with Crippen molar-refractivity contribution < 1.29 is 0 Å². The quantitative estimate of drug-likeness (QED) is 0.703. The summed E-state index contributed by atoms with van der Waals surface area (Å²) in [5.74, 6) is 0.827. The maximum atomic E-state index is 7.87. The molecule has 0 aromatic carbocycles. The number of hydrogen-bond acceptors (Lipinski definition) is 3. The van der Waals surface area contributed by atoms with Gasteiger partial charge < -0.3 is 10.7 Å². The van der Waals surface area contributed by atoms with Gasteiger partial charge in [0.15, 0.2) is 0 Å². The summed E-state index contributed by atoms with van der Waals surface area (Å²) in [7, 11) is 0. The van der Waals surface area contributed by atoms with Crippen molar-refractivity contribution in [1.82, 2.24) is 4.98 Å². The number of nitrogens with zero attached hydrogens (tertiary/aromatic N) is 1. The van der Waals surface area contributed by atoms with Crippen LogP contribution in [0.1, 0.15) is 32.3 Å². The number of nitrogens with one attached hydrogen (secondary N) is 2. The van der Waals surface area contributed by atoms with Gasteiger partial charge in [0.25, 0.3) is 0 Å². The second-order valence-electron chi connectivity index (χ2n) is 3.16. The average Bonchev–Trinajstić information content (AvgIpc) is 2.19. The van der Waals surface area contributed by atoms with Crippen LogP contribution in [-0.2, 0) is 0 Å². The molecule has 1 aromatic heterocycles. The first-order valence-electron chi connectivity index (χ1n) is 5.06. The van der Waals surface area contributed by atoms with Crippen LogP contribution in [0.3, 0.4) is 0 Å². The SMILES string of the molecule is CCCC(=N)c1cccnc1NCC. The fourth-order valence-corrected chi connectivity index (χ4v) is 1.34. The summed E-state index contributed by atoms with van der Waals surface area (Å²) in [5.41, 5.74) is 1.59. The molecule has 1 heterocycles. The van der Waals surface area contributed by atoms with Gasteiger partial charge in [-0.05, 0) is 25.5 Å². The van der Waals surface area contributed by atoms with Crippen molar-refractivity contribution in [2.24, 2.45) is 0 Å². The number of anilines is 1. The number of hydrogen-bond donors (Lipinski definition) is 2. The van der Waals surface area contributed by atoms with E-state index in [2.05, 4.69) is 17.2 Å². The van der Waals surface area contributed by atoms with Crippen molar-refractivity contribution in [2.75, 3.05) is 11.9 Å². The molecule has 0 bridgehead atoms. The van der Waals surface area contributed by atoms with Crippen LogP contribution in [0.5, 0.6) is 0 Å². The summed E-state index contributed by atoms with van der Waals surface area (Å²) in [4.78, 5) is 4.22. The van der Waals surface area contributed by atoms with Crippen molar-refractivity contribution in [3.05, 3.63) is 23.9 Å². The van der Waals surface area contributed by atoms with Gasteiger partial charge in [0.2, 0.25) is 0 Å². The van der Waals surface area contributed by atoms with E-state index in [1.807, 2.05) is 19.1 Å². The summed E-state index contributed by atoms with van der Waals surface area (Å²) in [6.45, 7) is 4.95. The van der Waals surface area contributed by atoms with Crippen molar-refractivity contribution in [3.8, 4) is 0 Å². The van der Waals surface area contributed by atoms with Crippen molar-refractivity contribution >= 4 is 11.5 Å². The zero-order chi connectivity index (χ0) is 10.4. The second-order valence-corrected chi connectivity index (χ2v) is 3.16. The highest BCUT2D eigenvalue weighted by atomic mass is 15.0. The Morgan fingerprint density at radius 3 is 2.93 bits per heavy atom. The number of rotatable bonds is 5. The number of pyridine rings is 1. The summed E-state index contributed by atoms with van der Waals surface area (Å²) < 4.78 is 0. The van der Waals surface area contributed by atoms with Gasteiger partial charge in [0.05, 0.1) is 0 Å². The monoisotopic (exact) mass is 191 g/mol. The fourth-order valence-electron chi connectivity index (χ4n) is 1.34. The highest BCUT2D eigenvalue weighted by Gasteiger charge is 2.06. The van der Waals surface area contributed by atoms with Gasteiger partial charge in [-0.25, -0.2) is 4.98 Å². The van der Waals surface area contributed by atoms with Gasteiger partial charge in [-0.1, -0.05) is 13.3 Å². The van der Waals surface area contributed by atoms with Crippen LogP contribution >= 0.6 is 0 Å². The Labute approximate surface area is 85.1 Å². The minimum atomic E-state index is 0.663. The van der Waals surface area contributed by atoms with Gasteiger partial charge in [0, 0.05) is 24.0 Å². The molecule has 3 heteroatoms. The van der Waals surface area contributed by atoms with Crippen LogP contribution in [0.2, 0.25) is 0 Å². The van der Waals surface area contributed by atoms with E-state index in [4.69, 9.17) is 5.41 Å². The van der Waals surface area contributed by atoms with Crippen molar-refractivity contribution in [2.45, 2.75) is 26.7 Å². The predicted molar refractivity (Wildman–Crippen MR) is 60.1 cm³/mol. The largest absolute Gasteiger partial charge is 0.370 e. The zero-order valence-corrected chi connectivity index (χ0v) is 8.80. The Kier molecular flexibility index (Phi) is 4.11. The lowest BCUT2D eigenvalue weighted by atomic mass is 10.1. The Balaban J connectivity index is 2.88. The smallest absolute Gasteiger partial charge is 0.135 e. The fraction of sp³-hybridized carbons (Fsp3) is 0.455. The second kappa shape index (κ2) is 5.37. The molecule has 14 heavy (non-hydrogen) atoms. The average molecular weight is 191 g/mol. The van der Waals surface area contributed by atoms with Crippen LogP contribution in [0, 0.1) is 5.41 Å². The topological polar surface area (TPSA) is 48.8 Å². The lowest BCUT2D eigenvalue weighted by molar-refractivity contribution is 0.984. The predicted octanol–water partition coefficient (Wildman–Crippen LogP) is 2.68. The molecule has 0 saturated carbocycles. The molecule has 0 unspecified atom stereocenters. The molecular formula is C11H17N3. The minimum Gasteiger partial charge on any atom is -0.370 e. The van der Waals surface area contributed by atoms with E-state index in [1.165, 1.54) is 0 Å². The van der Waals surface area contributed by atoms with E-state index < -0.39 is 0 Å². The lowest BCUT2D eigenvalue weighted by Gasteiger charge is -2.09. The first kappa shape index (κ1) is 10.7. The molecule has 76 valence electrons. The molecule has 0 aliphatic heterocycles. The maximum absolute atomic E-state index is 7.87. The van der Waals surface area contributed by atoms with Crippen molar-refractivity contribution in [1.29, 1.82) is 5.41 Å². The molecule has 0 fully saturated rings. The number of aromatic nitrogens is 1. The Hall–Kier alpha value is -1.38. The molecule has 0 saturated heterocycles. The highest BCUT2D eigenvalue weighted by molar-refractivity contribution is 6.02. The van der Waals surface area contributed by atoms with Gasteiger partial charge >= 0.3 is 0 Å². The zero-order valence-electron chi connectivity index (χ0n) is 8.80. The van der Waals surface area contributed by atoms with E-state index in [0.29, 0.717) is 5.71 Å². The van der Waals surface area contributed by atoms with E-state index in [0.717, 1.165) is 30.8 Å². The normalized spacial score (nSPS) is 9.86. The summed E-state index contributed by atoms with van der Waals surface area (Å²) >= 11 is 0. The first-order valence-corrected chi connectivity index (χ1v) is 5.06. The Bertz CT molecular complexity index is 307. The van der Waals surface area contributed by atoms with Crippen LogP contribution in [0.25, 0.3) is 0 Å². The molecule has 0 atom stereocenters. The Morgan fingerprint density at radius 1 is 1.50 bits per heavy atom. The van der Waals surface area contributed by atoms with Gasteiger partial charge in [-0.3, -0.25) is 0 Å². The molecule has 1 aromatic rings. The van der Waals surface area contributed by atoms with Crippen molar-refractivity contribution in [3.63, 3.8) is 0 Å². The minimum absolute atomic E-state index is 0.663. The summed E-state index contributed by atoms with van der Waals surface area (Å²) in [6, 6.07) is 3.82. The molecule has 3 nitrogen and oxygen atoms in total. The molecule has 1 rings (SSSR count). The Morgan fingerprint density at radius 2 is 2.29 bits per heavy atom. The van der Waals surface area contributed by atoms with Crippen LogP contribution in [0.4, 0.5) is 5.82 Å². The van der Waals surface area contributed by atoms with Gasteiger partial charge in [-0.2, -0.15) is 0 Å². The molecule has 0 aliphatic carbocycles. The van der Waals surface area contributed by atoms with Crippen LogP contribution < -0.4 is 5.32 Å². The summed E-state index contributed by atoms with van der Waals surface area (Å²) in [6.07, 6.45) is 3.56. The van der Waals surface area contributed by atoms with E-state index in [1.54, 1.807) is 6.20 Å². The molecule has 2 N–H and O–H groups in total. The third-order valence-corrected chi connectivity index (χ3v) is 1.98. The van der Waals surface area contributed by atoms with E-state index in [-0.39, 0.29) is 0 Å². The third-order valence-electron chi connectivity index (χ3n) is 1.98. The van der Waals surface area contributed by atoms with E-state index in [9.17, 15) is 0 Å².